The van der Waals surface area contributed by atoms with E-state index in [-0.39, 0.29) is 35.8 Å². The molecule has 6 nitrogen and oxygen atoms in total. The van der Waals surface area contributed by atoms with E-state index in [0.29, 0.717) is 19.3 Å². The maximum atomic E-state index is 13.4. The van der Waals surface area contributed by atoms with Gasteiger partial charge in [-0.25, -0.2) is 19.6 Å². The molecule has 0 bridgehead atoms. The van der Waals surface area contributed by atoms with Crippen LogP contribution in [0, 0.1) is 11.6 Å². The number of carbonyl (C=O) groups is 2. The van der Waals surface area contributed by atoms with Crippen LogP contribution < -0.4 is 10.9 Å². The minimum Gasteiger partial charge on any atom is -0.273 e. The molecule has 0 radical (unpaired) electrons. The van der Waals surface area contributed by atoms with Gasteiger partial charge in [0, 0.05) is 24.0 Å². The Morgan fingerprint density at radius 3 is 1.55 bits per heavy atom. The molecule has 0 heterocycles. The van der Waals surface area contributed by atoms with Gasteiger partial charge in [0.25, 0.3) is 0 Å². The standard InChI is InChI=1S/C21H22F2N4O2/c22-18-10-6-4-8-16(18)14-24-26-20(28)12-2-1-3-13-21(29)27-25-15-17-9-5-7-11-19(17)23/h4-11,14-15H,1-3,12-13H2,(H,26,28)(H,27,29). The molecule has 29 heavy (non-hydrogen) atoms. The molecule has 0 spiro atoms. The first-order valence-electron chi connectivity index (χ1n) is 9.19. The Kier molecular flexibility index (Phi) is 9.14. The molecule has 0 atom stereocenters. The number of rotatable bonds is 10. The van der Waals surface area contributed by atoms with Crippen molar-refractivity contribution in [1.29, 1.82) is 0 Å². The first kappa shape index (κ1) is 21.9. The molecule has 2 aromatic carbocycles. The molecule has 2 rings (SSSR count). The van der Waals surface area contributed by atoms with Crippen molar-refractivity contribution >= 4 is 24.2 Å². The molecule has 2 amide bonds. The second kappa shape index (κ2) is 12.1. The third-order valence-electron chi connectivity index (χ3n) is 3.90. The van der Waals surface area contributed by atoms with E-state index in [2.05, 4.69) is 21.1 Å². The Morgan fingerprint density at radius 2 is 1.14 bits per heavy atom. The van der Waals surface area contributed by atoms with E-state index in [1.807, 2.05) is 0 Å². The highest BCUT2D eigenvalue weighted by atomic mass is 19.1. The van der Waals surface area contributed by atoms with Crippen LogP contribution in [0.5, 0.6) is 0 Å². The van der Waals surface area contributed by atoms with Gasteiger partial charge >= 0.3 is 0 Å². The minimum absolute atomic E-state index is 0.252. The SMILES string of the molecule is O=C(CCCCCC(=O)NN=Cc1ccccc1F)NN=Cc1ccccc1F. The number of hydrogen-bond donors (Lipinski definition) is 2. The number of unbranched alkanes of at least 4 members (excludes halogenated alkanes) is 2. The van der Waals surface area contributed by atoms with Crippen molar-refractivity contribution < 1.29 is 18.4 Å². The summed E-state index contributed by atoms with van der Waals surface area (Å²) < 4.78 is 26.8. The van der Waals surface area contributed by atoms with E-state index < -0.39 is 11.6 Å². The fourth-order valence-electron chi connectivity index (χ4n) is 2.37. The van der Waals surface area contributed by atoms with Gasteiger partial charge in [0.15, 0.2) is 0 Å². The summed E-state index contributed by atoms with van der Waals surface area (Å²) in [5, 5.41) is 7.45. The number of hydrazone groups is 2. The van der Waals surface area contributed by atoms with Crippen LogP contribution >= 0.6 is 0 Å². The lowest BCUT2D eigenvalue weighted by atomic mass is 10.1. The normalized spacial score (nSPS) is 11.1. The highest BCUT2D eigenvalue weighted by molar-refractivity contribution is 5.83. The van der Waals surface area contributed by atoms with Gasteiger partial charge in [-0.05, 0) is 25.0 Å². The number of amides is 2. The van der Waals surface area contributed by atoms with Crippen molar-refractivity contribution in [3.8, 4) is 0 Å². The lowest BCUT2D eigenvalue weighted by Crippen LogP contribution is -2.18. The van der Waals surface area contributed by atoms with Crippen LogP contribution in [0.2, 0.25) is 0 Å². The third kappa shape index (κ3) is 8.42. The number of halogens is 2. The molecule has 0 aliphatic rings. The molecule has 2 N–H and O–H groups in total. The van der Waals surface area contributed by atoms with Gasteiger partial charge in [-0.3, -0.25) is 9.59 Å². The van der Waals surface area contributed by atoms with Gasteiger partial charge in [-0.15, -0.1) is 0 Å². The molecule has 0 aliphatic heterocycles. The molecule has 0 saturated carbocycles. The lowest BCUT2D eigenvalue weighted by Gasteiger charge is -2.02. The highest BCUT2D eigenvalue weighted by Gasteiger charge is 2.03. The van der Waals surface area contributed by atoms with Crippen LogP contribution in [0.3, 0.4) is 0 Å². The fraction of sp³-hybridized carbons (Fsp3) is 0.238. The topological polar surface area (TPSA) is 82.9 Å². The summed E-state index contributed by atoms with van der Waals surface area (Å²) in [6.07, 6.45) is 4.86. The van der Waals surface area contributed by atoms with Gasteiger partial charge in [0.2, 0.25) is 11.8 Å². The molecule has 152 valence electrons. The van der Waals surface area contributed by atoms with Crippen molar-refractivity contribution in [2.24, 2.45) is 10.2 Å². The average molecular weight is 400 g/mol. The van der Waals surface area contributed by atoms with Crippen LogP contribution in [0.25, 0.3) is 0 Å². The number of nitrogens with zero attached hydrogens (tertiary/aromatic N) is 2. The largest absolute Gasteiger partial charge is 0.273 e. The van der Waals surface area contributed by atoms with Gasteiger partial charge in [0.1, 0.15) is 11.6 Å². The molecule has 0 aromatic heterocycles. The average Bonchev–Trinajstić information content (AvgIpc) is 2.70. The van der Waals surface area contributed by atoms with Gasteiger partial charge in [-0.2, -0.15) is 10.2 Å². The highest BCUT2D eigenvalue weighted by Crippen LogP contribution is 2.05. The molecule has 0 unspecified atom stereocenters. The lowest BCUT2D eigenvalue weighted by molar-refractivity contribution is -0.121. The second-order valence-corrected chi connectivity index (χ2v) is 6.19. The Bertz CT molecular complexity index is 813. The van der Waals surface area contributed by atoms with Crippen LogP contribution in [-0.4, -0.2) is 24.2 Å². The predicted molar refractivity (Wildman–Crippen MR) is 107 cm³/mol. The van der Waals surface area contributed by atoms with Gasteiger partial charge in [0.05, 0.1) is 12.4 Å². The molecular weight excluding hydrogens is 378 g/mol. The summed E-state index contributed by atoms with van der Waals surface area (Å²) in [5.41, 5.74) is 5.26. The number of carbonyl (C=O) groups excluding carboxylic acids is 2. The summed E-state index contributed by atoms with van der Waals surface area (Å²) in [4.78, 5) is 23.3. The molecule has 2 aromatic rings. The zero-order chi connectivity index (χ0) is 20.9. The Labute approximate surface area is 167 Å². The van der Waals surface area contributed by atoms with E-state index in [9.17, 15) is 18.4 Å². The van der Waals surface area contributed by atoms with Crippen LogP contribution in [0.1, 0.15) is 43.2 Å². The maximum absolute atomic E-state index is 13.4. The fourth-order valence-corrected chi connectivity index (χ4v) is 2.37. The molecule has 0 aliphatic carbocycles. The summed E-state index contributed by atoms with van der Waals surface area (Å²) in [5.74, 6) is -1.39. The van der Waals surface area contributed by atoms with Crippen molar-refractivity contribution in [1.82, 2.24) is 10.9 Å². The van der Waals surface area contributed by atoms with Crippen LogP contribution in [-0.2, 0) is 9.59 Å². The van der Waals surface area contributed by atoms with E-state index in [1.165, 1.54) is 24.6 Å². The number of nitrogens with one attached hydrogen (secondary N) is 2. The second-order valence-electron chi connectivity index (χ2n) is 6.19. The zero-order valence-electron chi connectivity index (χ0n) is 15.8. The molecule has 0 fully saturated rings. The maximum Gasteiger partial charge on any atom is 0.240 e. The van der Waals surface area contributed by atoms with E-state index in [4.69, 9.17) is 0 Å². The molecule has 8 heteroatoms. The Hall–Kier alpha value is -3.42. The van der Waals surface area contributed by atoms with Gasteiger partial charge < -0.3 is 0 Å². The molecular formula is C21H22F2N4O2. The van der Waals surface area contributed by atoms with Crippen molar-refractivity contribution in [3.05, 3.63) is 71.3 Å². The van der Waals surface area contributed by atoms with Crippen molar-refractivity contribution in [2.45, 2.75) is 32.1 Å². The van der Waals surface area contributed by atoms with Crippen molar-refractivity contribution in [2.75, 3.05) is 0 Å². The summed E-state index contributed by atoms with van der Waals surface area (Å²) in [6, 6.07) is 12.2. The summed E-state index contributed by atoms with van der Waals surface area (Å²) in [7, 11) is 0. The van der Waals surface area contributed by atoms with Gasteiger partial charge in [-0.1, -0.05) is 42.8 Å². The smallest absolute Gasteiger partial charge is 0.240 e. The summed E-state index contributed by atoms with van der Waals surface area (Å²) in [6.45, 7) is 0. The van der Waals surface area contributed by atoms with Crippen LogP contribution in [0.4, 0.5) is 8.78 Å². The Balaban J connectivity index is 1.56. The first-order valence-corrected chi connectivity index (χ1v) is 9.19. The third-order valence-corrected chi connectivity index (χ3v) is 3.90. The Morgan fingerprint density at radius 1 is 0.724 bits per heavy atom. The first-order chi connectivity index (χ1) is 14.1. The predicted octanol–water partition coefficient (Wildman–Crippen LogP) is 3.52. The number of benzene rings is 2. The minimum atomic E-state index is -0.415. The number of hydrogen-bond acceptors (Lipinski definition) is 4. The zero-order valence-corrected chi connectivity index (χ0v) is 15.8. The quantitative estimate of drug-likeness (QED) is 0.363. The van der Waals surface area contributed by atoms with Crippen LogP contribution in [0.15, 0.2) is 58.7 Å². The molecule has 0 saturated heterocycles. The van der Waals surface area contributed by atoms with Crippen molar-refractivity contribution in [3.63, 3.8) is 0 Å². The van der Waals surface area contributed by atoms with E-state index >= 15 is 0 Å². The van der Waals surface area contributed by atoms with E-state index in [1.54, 1.807) is 36.4 Å². The summed E-state index contributed by atoms with van der Waals surface area (Å²) >= 11 is 0. The monoisotopic (exact) mass is 400 g/mol. The van der Waals surface area contributed by atoms with E-state index in [0.717, 1.165) is 0 Å².